The maximum atomic E-state index is 11.7. The van der Waals surface area contributed by atoms with Crippen LogP contribution in [-0.4, -0.2) is 23.5 Å². The van der Waals surface area contributed by atoms with Gasteiger partial charge in [0.15, 0.2) is 0 Å². The van der Waals surface area contributed by atoms with E-state index < -0.39 is 0 Å². The summed E-state index contributed by atoms with van der Waals surface area (Å²) in [4.78, 5) is 15.7. The number of hydrogen-bond acceptors (Lipinski definition) is 3. The molecule has 0 spiro atoms. The molecule has 0 aromatic carbocycles. The fourth-order valence-electron chi connectivity index (χ4n) is 1.29. The Hall–Kier alpha value is -1.84. The van der Waals surface area contributed by atoms with Gasteiger partial charge in [-0.15, -0.1) is 6.58 Å². The van der Waals surface area contributed by atoms with Crippen molar-refractivity contribution in [2.45, 2.75) is 26.3 Å². The molecule has 1 amide bonds. The molecule has 0 bridgehead atoms. The first kappa shape index (κ1) is 13.2. The lowest BCUT2D eigenvalue weighted by molar-refractivity contribution is 0.0953. The second-order valence-electron chi connectivity index (χ2n) is 3.88. The summed E-state index contributed by atoms with van der Waals surface area (Å²) in [5.74, 6) is -0.183. The fourth-order valence-corrected chi connectivity index (χ4v) is 1.29. The highest BCUT2D eigenvalue weighted by Gasteiger charge is 2.07. The van der Waals surface area contributed by atoms with E-state index in [0.717, 1.165) is 12.1 Å². The molecule has 0 aliphatic heterocycles. The molecule has 17 heavy (non-hydrogen) atoms. The first-order valence-corrected chi connectivity index (χ1v) is 5.79. The summed E-state index contributed by atoms with van der Waals surface area (Å²) >= 11 is 0. The van der Waals surface area contributed by atoms with Crippen LogP contribution >= 0.6 is 0 Å². The lowest BCUT2D eigenvalue weighted by Gasteiger charge is -2.13. The first-order chi connectivity index (χ1) is 8.17. The Morgan fingerprint density at radius 2 is 2.41 bits per heavy atom. The Bertz CT molecular complexity index is 390. The zero-order chi connectivity index (χ0) is 12.7. The highest BCUT2D eigenvalue weighted by atomic mass is 16.1. The Balaban J connectivity index is 2.71. The van der Waals surface area contributed by atoms with Crippen LogP contribution in [0.2, 0.25) is 0 Å². The molecular formula is C13H19N3O. The van der Waals surface area contributed by atoms with Crippen LogP contribution < -0.4 is 10.6 Å². The van der Waals surface area contributed by atoms with Crippen LogP contribution in [0.3, 0.4) is 0 Å². The molecule has 1 rings (SSSR count). The standard InChI is InChI=1S/C13H19N3O/c1-4-7-15-13(17)12-9-11(6-8-14-12)16-10(3)5-2/h4,6,8-10H,1,5,7H2,2-3H3,(H,14,16)(H,15,17). The minimum Gasteiger partial charge on any atom is -0.382 e. The van der Waals surface area contributed by atoms with Crippen LogP contribution in [0.5, 0.6) is 0 Å². The molecule has 0 fully saturated rings. The van der Waals surface area contributed by atoms with Crippen molar-refractivity contribution in [1.29, 1.82) is 0 Å². The summed E-state index contributed by atoms with van der Waals surface area (Å²) in [6, 6.07) is 3.99. The van der Waals surface area contributed by atoms with Gasteiger partial charge >= 0.3 is 0 Å². The van der Waals surface area contributed by atoms with Crippen molar-refractivity contribution >= 4 is 11.6 Å². The third kappa shape index (κ3) is 4.26. The SMILES string of the molecule is C=CCNC(=O)c1cc(NC(C)CC)ccn1. The van der Waals surface area contributed by atoms with Gasteiger partial charge in [-0.05, 0) is 25.5 Å². The van der Waals surface area contributed by atoms with E-state index in [1.807, 2.05) is 6.07 Å². The van der Waals surface area contributed by atoms with Gasteiger partial charge in [0.05, 0.1) is 0 Å². The van der Waals surface area contributed by atoms with Crippen molar-refractivity contribution in [2.75, 3.05) is 11.9 Å². The highest BCUT2D eigenvalue weighted by molar-refractivity contribution is 5.93. The third-order valence-corrected chi connectivity index (χ3v) is 2.42. The Labute approximate surface area is 102 Å². The van der Waals surface area contributed by atoms with Crippen LogP contribution in [0.15, 0.2) is 31.0 Å². The van der Waals surface area contributed by atoms with Crippen molar-refractivity contribution in [3.63, 3.8) is 0 Å². The van der Waals surface area contributed by atoms with Crippen LogP contribution in [0, 0.1) is 0 Å². The average Bonchev–Trinajstić information content (AvgIpc) is 2.36. The highest BCUT2D eigenvalue weighted by Crippen LogP contribution is 2.10. The molecule has 0 aliphatic carbocycles. The van der Waals surface area contributed by atoms with Gasteiger partial charge in [-0.1, -0.05) is 13.0 Å². The normalized spacial score (nSPS) is 11.6. The quantitative estimate of drug-likeness (QED) is 0.741. The number of carbonyl (C=O) groups excluding carboxylic acids is 1. The number of pyridine rings is 1. The molecule has 1 aromatic heterocycles. The van der Waals surface area contributed by atoms with Crippen LogP contribution in [0.4, 0.5) is 5.69 Å². The van der Waals surface area contributed by atoms with Gasteiger partial charge in [0, 0.05) is 24.5 Å². The molecule has 0 saturated heterocycles. The average molecular weight is 233 g/mol. The van der Waals surface area contributed by atoms with Crippen LogP contribution in [-0.2, 0) is 0 Å². The van der Waals surface area contributed by atoms with E-state index in [1.54, 1.807) is 18.3 Å². The molecule has 0 aliphatic rings. The maximum Gasteiger partial charge on any atom is 0.270 e. The molecule has 4 heteroatoms. The number of amides is 1. The van der Waals surface area contributed by atoms with E-state index >= 15 is 0 Å². The van der Waals surface area contributed by atoms with E-state index in [2.05, 4.69) is 36.0 Å². The molecule has 1 heterocycles. The largest absolute Gasteiger partial charge is 0.382 e. The van der Waals surface area contributed by atoms with Crippen LogP contribution in [0.1, 0.15) is 30.8 Å². The predicted octanol–water partition coefficient (Wildman–Crippen LogP) is 2.21. The third-order valence-electron chi connectivity index (χ3n) is 2.42. The van der Waals surface area contributed by atoms with E-state index in [-0.39, 0.29) is 5.91 Å². The summed E-state index contributed by atoms with van der Waals surface area (Å²) in [7, 11) is 0. The number of anilines is 1. The topological polar surface area (TPSA) is 54.0 Å². The Morgan fingerprint density at radius 1 is 1.65 bits per heavy atom. The Kier molecular flexibility index (Phi) is 5.20. The second-order valence-corrected chi connectivity index (χ2v) is 3.88. The smallest absolute Gasteiger partial charge is 0.270 e. The molecule has 0 radical (unpaired) electrons. The first-order valence-electron chi connectivity index (χ1n) is 5.79. The molecule has 1 atom stereocenters. The van der Waals surface area contributed by atoms with E-state index in [0.29, 0.717) is 18.3 Å². The summed E-state index contributed by atoms with van der Waals surface area (Å²) in [6.07, 6.45) is 4.30. The summed E-state index contributed by atoms with van der Waals surface area (Å²) < 4.78 is 0. The maximum absolute atomic E-state index is 11.7. The van der Waals surface area contributed by atoms with Crippen molar-refractivity contribution < 1.29 is 4.79 Å². The van der Waals surface area contributed by atoms with E-state index in [9.17, 15) is 4.79 Å². The second kappa shape index (κ2) is 6.68. The minimum absolute atomic E-state index is 0.183. The molecule has 0 saturated carbocycles. The number of carbonyl (C=O) groups is 1. The summed E-state index contributed by atoms with van der Waals surface area (Å²) in [5, 5.41) is 6.00. The van der Waals surface area contributed by atoms with Gasteiger partial charge in [-0.25, -0.2) is 0 Å². The minimum atomic E-state index is -0.183. The molecular weight excluding hydrogens is 214 g/mol. The number of aromatic nitrogens is 1. The van der Waals surface area contributed by atoms with E-state index in [1.165, 1.54) is 0 Å². The van der Waals surface area contributed by atoms with Gasteiger partial charge in [0.2, 0.25) is 0 Å². The predicted molar refractivity (Wildman–Crippen MR) is 70.1 cm³/mol. The zero-order valence-electron chi connectivity index (χ0n) is 10.4. The summed E-state index contributed by atoms with van der Waals surface area (Å²) in [6.45, 7) is 8.20. The molecule has 1 aromatic rings. The molecule has 2 N–H and O–H groups in total. The van der Waals surface area contributed by atoms with E-state index in [4.69, 9.17) is 0 Å². The van der Waals surface area contributed by atoms with Gasteiger partial charge < -0.3 is 10.6 Å². The number of hydrogen-bond donors (Lipinski definition) is 2. The summed E-state index contributed by atoms with van der Waals surface area (Å²) in [5.41, 5.74) is 1.33. The lowest BCUT2D eigenvalue weighted by atomic mass is 10.2. The Morgan fingerprint density at radius 3 is 3.06 bits per heavy atom. The van der Waals surface area contributed by atoms with Crippen molar-refractivity contribution in [2.24, 2.45) is 0 Å². The molecule has 4 nitrogen and oxygen atoms in total. The molecule has 1 unspecified atom stereocenters. The fraction of sp³-hybridized carbons (Fsp3) is 0.385. The zero-order valence-corrected chi connectivity index (χ0v) is 10.4. The van der Waals surface area contributed by atoms with Gasteiger partial charge in [-0.2, -0.15) is 0 Å². The molecule has 92 valence electrons. The van der Waals surface area contributed by atoms with Crippen molar-refractivity contribution in [1.82, 2.24) is 10.3 Å². The van der Waals surface area contributed by atoms with Gasteiger partial charge in [0.1, 0.15) is 5.69 Å². The number of rotatable bonds is 6. The number of nitrogens with one attached hydrogen (secondary N) is 2. The monoisotopic (exact) mass is 233 g/mol. The van der Waals surface area contributed by atoms with Crippen molar-refractivity contribution in [3.8, 4) is 0 Å². The van der Waals surface area contributed by atoms with Crippen molar-refractivity contribution in [3.05, 3.63) is 36.7 Å². The van der Waals surface area contributed by atoms with Gasteiger partial charge in [-0.3, -0.25) is 9.78 Å². The van der Waals surface area contributed by atoms with Crippen LogP contribution in [0.25, 0.3) is 0 Å². The lowest BCUT2D eigenvalue weighted by Crippen LogP contribution is -2.24. The number of nitrogens with zero attached hydrogens (tertiary/aromatic N) is 1. The van der Waals surface area contributed by atoms with Gasteiger partial charge in [0.25, 0.3) is 5.91 Å².